The van der Waals surface area contributed by atoms with Crippen LogP contribution in [0, 0.1) is 0 Å². The first-order chi connectivity index (χ1) is 8.81. The van der Waals surface area contributed by atoms with Gasteiger partial charge in [0.25, 0.3) is 0 Å². The molecule has 0 saturated carbocycles. The lowest BCUT2D eigenvalue weighted by atomic mass is 10.2. The molecule has 0 aliphatic carbocycles. The molecule has 1 N–H and O–H groups in total. The first-order valence-corrected chi connectivity index (χ1v) is 7.54. The molecule has 1 aliphatic heterocycles. The monoisotopic (exact) mass is 268 g/mol. The Morgan fingerprint density at radius 1 is 1.61 bits per heavy atom. The summed E-state index contributed by atoms with van der Waals surface area (Å²) in [6.07, 6.45) is 3.65. The van der Waals surface area contributed by atoms with Gasteiger partial charge in [-0.3, -0.25) is 0 Å². The molecule has 0 aromatic carbocycles. The van der Waals surface area contributed by atoms with Crippen molar-refractivity contribution in [2.24, 2.45) is 0 Å². The van der Waals surface area contributed by atoms with E-state index in [1.165, 1.54) is 0 Å². The topological polar surface area (TPSA) is 45.5 Å². The predicted molar refractivity (Wildman–Crippen MR) is 73.8 cm³/mol. The number of furan rings is 1. The van der Waals surface area contributed by atoms with Gasteiger partial charge in [0, 0.05) is 25.4 Å². The van der Waals surface area contributed by atoms with E-state index in [1.807, 2.05) is 28.8 Å². The van der Waals surface area contributed by atoms with Crippen LogP contribution in [-0.2, 0) is 0 Å². The maximum Gasteiger partial charge on any atom is 0.317 e. The molecule has 1 aromatic heterocycles. The fourth-order valence-corrected chi connectivity index (χ4v) is 3.20. The smallest absolute Gasteiger partial charge is 0.317 e. The van der Waals surface area contributed by atoms with Crippen molar-refractivity contribution in [2.75, 3.05) is 25.4 Å². The van der Waals surface area contributed by atoms with E-state index in [1.54, 1.807) is 6.26 Å². The van der Waals surface area contributed by atoms with Crippen LogP contribution < -0.4 is 5.32 Å². The number of carbonyl (C=O) groups excluding carboxylic acids is 1. The third kappa shape index (κ3) is 3.45. The number of nitrogens with one attached hydrogen (secondary N) is 1. The minimum absolute atomic E-state index is 0.0672. The number of hydrogen-bond donors (Lipinski definition) is 1. The summed E-state index contributed by atoms with van der Waals surface area (Å²) in [4.78, 5) is 13.8. The highest BCUT2D eigenvalue weighted by molar-refractivity contribution is 7.99. The van der Waals surface area contributed by atoms with Gasteiger partial charge in [0.15, 0.2) is 0 Å². The van der Waals surface area contributed by atoms with E-state index in [2.05, 4.69) is 12.2 Å². The molecular weight excluding hydrogens is 248 g/mol. The highest BCUT2D eigenvalue weighted by Gasteiger charge is 2.23. The SMILES string of the molecule is CCCNC(=O)N1CCSC(c2ccco2)CC1. The largest absolute Gasteiger partial charge is 0.468 e. The number of carbonyl (C=O) groups is 1. The van der Waals surface area contributed by atoms with E-state index < -0.39 is 0 Å². The van der Waals surface area contributed by atoms with Gasteiger partial charge < -0.3 is 14.6 Å². The Morgan fingerprint density at radius 3 is 3.22 bits per heavy atom. The van der Waals surface area contributed by atoms with Crippen molar-refractivity contribution in [1.82, 2.24) is 10.2 Å². The molecular formula is C13H20N2O2S. The molecule has 1 atom stereocenters. The van der Waals surface area contributed by atoms with E-state index in [0.29, 0.717) is 5.25 Å². The summed E-state index contributed by atoms with van der Waals surface area (Å²) in [5.41, 5.74) is 0. The van der Waals surface area contributed by atoms with Gasteiger partial charge in [-0.05, 0) is 25.0 Å². The van der Waals surface area contributed by atoms with Crippen LogP contribution in [0.15, 0.2) is 22.8 Å². The second-order valence-electron chi connectivity index (χ2n) is 4.38. The summed E-state index contributed by atoms with van der Waals surface area (Å²) in [7, 11) is 0. The van der Waals surface area contributed by atoms with Gasteiger partial charge in [0.2, 0.25) is 0 Å². The van der Waals surface area contributed by atoms with Crippen LogP contribution in [0.2, 0.25) is 0 Å². The molecule has 1 unspecified atom stereocenters. The number of hydrogen-bond acceptors (Lipinski definition) is 3. The molecule has 18 heavy (non-hydrogen) atoms. The van der Waals surface area contributed by atoms with Crippen molar-refractivity contribution in [2.45, 2.75) is 25.0 Å². The molecule has 2 amide bonds. The molecule has 5 heteroatoms. The third-order valence-corrected chi connectivity index (χ3v) is 4.30. The molecule has 0 radical (unpaired) electrons. The molecule has 2 heterocycles. The van der Waals surface area contributed by atoms with Crippen LogP contribution in [0.3, 0.4) is 0 Å². The molecule has 1 fully saturated rings. The van der Waals surface area contributed by atoms with Crippen molar-refractivity contribution in [1.29, 1.82) is 0 Å². The molecule has 4 nitrogen and oxygen atoms in total. The second kappa shape index (κ2) is 6.73. The van der Waals surface area contributed by atoms with E-state index >= 15 is 0 Å². The third-order valence-electron chi connectivity index (χ3n) is 3.02. The first kappa shape index (κ1) is 13.3. The first-order valence-electron chi connectivity index (χ1n) is 6.49. The minimum Gasteiger partial charge on any atom is -0.468 e. The van der Waals surface area contributed by atoms with Crippen molar-refractivity contribution >= 4 is 17.8 Å². The van der Waals surface area contributed by atoms with Crippen LogP contribution in [0.4, 0.5) is 4.79 Å². The summed E-state index contributed by atoms with van der Waals surface area (Å²) in [6, 6.07) is 4.01. The van der Waals surface area contributed by atoms with E-state index in [4.69, 9.17) is 4.42 Å². The van der Waals surface area contributed by atoms with Gasteiger partial charge >= 0.3 is 6.03 Å². The molecule has 1 aromatic rings. The fourth-order valence-electron chi connectivity index (χ4n) is 2.02. The highest BCUT2D eigenvalue weighted by atomic mass is 32.2. The Morgan fingerprint density at radius 2 is 2.50 bits per heavy atom. The standard InChI is InChI=1S/C13H20N2O2S/c1-2-6-14-13(16)15-7-5-12(18-10-8-15)11-4-3-9-17-11/h3-4,9,12H,2,5-8,10H2,1H3,(H,14,16). The van der Waals surface area contributed by atoms with Gasteiger partial charge in [-0.2, -0.15) is 0 Å². The number of thioether (sulfide) groups is 1. The van der Waals surface area contributed by atoms with Gasteiger partial charge in [0.05, 0.1) is 11.5 Å². The minimum atomic E-state index is 0.0672. The van der Waals surface area contributed by atoms with E-state index in [9.17, 15) is 4.79 Å². The van der Waals surface area contributed by atoms with Crippen molar-refractivity contribution in [3.05, 3.63) is 24.2 Å². The maximum atomic E-state index is 11.9. The summed E-state index contributed by atoms with van der Waals surface area (Å²) >= 11 is 1.87. The Balaban J connectivity index is 1.86. The summed E-state index contributed by atoms with van der Waals surface area (Å²) in [5.74, 6) is 1.99. The van der Waals surface area contributed by atoms with E-state index in [0.717, 1.165) is 44.0 Å². The van der Waals surface area contributed by atoms with Crippen molar-refractivity contribution in [3.63, 3.8) is 0 Å². The van der Waals surface area contributed by atoms with Crippen molar-refractivity contribution in [3.8, 4) is 0 Å². The molecule has 0 bridgehead atoms. The van der Waals surface area contributed by atoms with Gasteiger partial charge in [0.1, 0.15) is 5.76 Å². The van der Waals surface area contributed by atoms with Crippen LogP contribution >= 0.6 is 11.8 Å². The molecule has 1 aliphatic rings. The van der Waals surface area contributed by atoms with Crippen LogP contribution in [0.25, 0.3) is 0 Å². The lowest BCUT2D eigenvalue weighted by Crippen LogP contribution is -2.41. The maximum absolute atomic E-state index is 11.9. The zero-order valence-corrected chi connectivity index (χ0v) is 11.5. The van der Waals surface area contributed by atoms with Crippen LogP contribution in [-0.4, -0.2) is 36.3 Å². The number of amides is 2. The molecule has 2 rings (SSSR count). The number of rotatable bonds is 3. The molecule has 0 spiro atoms. The fraction of sp³-hybridized carbons (Fsp3) is 0.615. The molecule has 100 valence electrons. The zero-order chi connectivity index (χ0) is 12.8. The lowest BCUT2D eigenvalue weighted by Gasteiger charge is -2.20. The Kier molecular flexibility index (Phi) is 4.99. The lowest BCUT2D eigenvalue weighted by molar-refractivity contribution is 0.201. The predicted octanol–water partition coefficient (Wildman–Crippen LogP) is 2.88. The van der Waals surface area contributed by atoms with Crippen LogP contribution in [0.1, 0.15) is 30.8 Å². The molecule has 1 saturated heterocycles. The Labute approximate surface area is 112 Å². The van der Waals surface area contributed by atoms with Crippen LogP contribution in [0.5, 0.6) is 0 Å². The average Bonchev–Trinajstić information content (AvgIpc) is 2.80. The summed E-state index contributed by atoms with van der Waals surface area (Å²) in [6.45, 7) is 4.43. The van der Waals surface area contributed by atoms with Gasteiger partial charge in [-0.25, -0.2) is 4.79 Å². The Bertz CT molecular complexity index is 367. The second-order valence-corrected chi connectivity index (χ2v) is 5.69. The zero-order valence-electron chi connectivity index (χ0n) is 10.7. The van der Waals surface area contributed by atoms with Gasteiger partial charge in [-0.15, -0.1) is 11.8 Å². The summed E-state index contributed by atoms with van der Waals surface area (Å²) < 4.78 is 5.45. The van der Waals surface area contributed by atoms with Crippen molar-refractivity contribution < 1.29 is 9.21 Å². The number of urea groups is 1. The number of nitrogens with zero attached hydrogens (tertiary/aromatic N) is 1. The Hall–Kier alpha value is -1.10. The van der Waals surface area contributed by atoms with Gasteiger partial charge in [-0.1, -0.05) is 6.92 Å². The normalized spacial score (nSPS) is 20.5. The summed E-state index contributed by atoms with van der Waals surface area (Å²) in [5, 5.41) is 3.31. The quantitative estimate of drug-likeness (QED) is 0.917. The van der Waals surface area contributed by atoms with E-state index in [-0.39, 0.29) is 6.03 Å². The average molecular weight is 268 g/mol. The highest BCUT2D eigenvalue weighted by Crippen LogP contribution is 2.34.